The van der Waals surface area contributed by atoms with E-state index in [2.05, 4.69) is 103 Å². The van der Waals surface area contributed by atoms with Crippen LogP contribution in [0, 0.1) is 55.4 Å². The van der Waals surface area contributed by atoms with Crippen molar-refractivity contribution in [3.8, 4) is 0 Å². The minimum Gasteiger partial charge on any atom is -0.166 e. The summed E-state index contributed by atoms with van der Waals surface area (Å²) in [6, 6.07) is 24.7. The van der Waals surface area contributed by atoms with E-state index in [0.717, 1.165) is 17.7 Å². The zero-order chi connectivity index (χ0) is 29.9. The SMILES string of the molecule is Cc1cc(C)c(C)c(C)c1.Cc1ccc(C(F)(F)F)cc1.Cc1ccc(C)cc1.Cc1cccc2c1CCCC2. The standard InChI is InChI=1S/C11H14.C10H14.C8H7F3.C8H10/c1-9-5-4-7-10-6-2-3-8-11(9)10;1-7-5-8(2)10(4)9(3)6-7;1-6-2-4-7(5-3-6)8(9,10)11;1-7-3-5-8(2)6-4-7/h4-5,7H,2-3,6,8H2,1H3;5-6H,1-4H3;2-5H,1H3;3-6H,1-2H3. The summed E-state index contributed by atoms with van der Waals surface area (Å²) < 4.78 is 35.8. The molecule has 0 spiro atoms. The Morgan fingerprint density at radius 2 is 0.950 bits per heavy atom. The van der Waals surface area contributed by atoms with Crippen LogP contribution in [-0.2, 0) is 19.0 Å². The maximum atomic E-state index is 11.9. The van der Waals surface area contributed by atoms with Gasteiger partial charge in [0, 0.05) is 0 Å². The number of hydrogen-bond acceptors (Lipinski definition) is 0. The molecule has 0 aromatic heterocycles. The molecule has 0 nitrogen and oxygen atoms in total. The highest BCUT2D eigenvalue weighted by molar-refractivity contribution is 5.36. The summed E-state index contributed by atoms with van der Waals surface area (Å²) in [5, 5.41) is 0. The Kier molecular flexibility index (Phi) is 12.7. The predicted octanol–water partition coefficient (Wildman–Crippen LogP) is 11.1. The number of benzene rings is 4. The van der Waals surface area contributed by atoms with Gasteiger partial charge < -0.3 is 0 Å². The molecule has 0 heterocycles. The van der Waals surface area contributed by atoms with Crippen molar-refractivity contribution in [1.29, 1.82) is 0 Å². The fourth-order valence-electron chi connectivity index (χ4n) is 4.60. The Bertz CT molecular complexity index is 1280. The number of aryl methyl sites for hydroxylation is 8. The minimum atomic E-state index is -4.21. The third-order valence-corrected chi connectivity index (χ3v) is 7.30. The molecule has 214 valence electrons. The molecular formula is C37H45F3. The largest absolute Gasteiger partial charge is 0.416 e. The fourth-order valence-corrected chi connectivity index (χ4v) is 4.60. The van der Waals surface area contributed by atoms with E-state index < -0.39 is 11.7 Å². The van der Waals surface area contributed by atoms with Crippen molar-refractivity contribution in [3.05, 3.63) is 140 Å². The van der Waals surface area contributed by atoms with Crippen LogP contribution in [0.15, 0.2) is 78.9 Å². The van der Waals surface area contributed by atoms with Gasteiger partial charge >= 0.3 is 6.18 Å². The second-order valence-corrected chi connectivity index (χ2v) is 11.0. The van der Waals surface area contributed by atoms with Crippen molar-refractivity contribution in [2.45, 2.75) is 87.2 Å². The van der Waals surface area contributed by atoms with Gasteiger partial charge in [0.25, 0.3) is 0 Å². The van der Waals surface area contributed by atoms with Gasteiger partial charge in [-0.15, -0.1) is 0 Å². The molecule has 3 heteroatoms. The quantitative estimate of drug-likeness (QED) is 0.206. The summed E-state index contributed by atoms with van der Waals surface area (Å²) in [6.45, 7) is 16.8. The van der Waals surface area contributed by atoms with Gasteiger partial charge in [0.2, 0.25) is 0 Å². The van der Waals surface area contributed by atoms with Crippen LogP contribution in [0.25, 0.3) is 0 Å². The van der Waals surface area contributed by atoms with E-state index in [1.807, 2.05) is 0 Å². The third kappa shape index (κ3) is 11.0. The normalized spacial score (nSPS) is 12.0. The predicted molar refractivity (Wildman–Crippen MR) is 165 cm³/mol. The molecule has 1 aliphatic carbocycles. The zero-order valence-electron chi connectivity index (χ0n) is 25.5. The summed E-state index contributed by atoms with van der Waals surface area (Å²) in [5.41, 5.74) is 13.2. The van der Waals surface area contributed by atoms with Crippen molar-refractivity contribution in [3.63, 3.8) is 0 Å². The van der Waals surface area contributed by atoms with Crippen molar-refractivity contribution >= 4 is 0 Å². The van der Waals surface area contributed by atoms with E-state index >= 15 is 0 Å². The Morgan fingerprint density at radius 3 is 1.40 bits per heavy atom. The number of alkyl halides is 3. The molecule has 0 amide bonds. The molecule has 0 unspecified atom stereocenters. The lowest BCUT2D eigenvalue weighted by Crippen LogP contribution is -2.03. The van der Waals surface area contributed by atoms with Gasteiger partial charge in [0.1, 0.15) is 0 Å². The highest BCUT2D eigenvalue weighted by Crippen LogP contribution is 2.29. The Morgan fingerprint density at radius 1 is 0.500 bits per heavy atom. The van der Waals surface area contributed by atoms with Crippen LogP contribution in [0.4, 0.5) is 13.2 Å². The van der Waals surface area contributed by atoms with E-state index in [-0.39, 0.29) is 0 Å². The Hall–Kier alpha value is -3.33. The van der Waals surface area contributed by atoms with Crippen LogP contribution in [-0.4, -0.2) is 0 Å². The van der Waals surface area contributed by atoms with Gasteiger partial charge in [-0.2, -0.15) is 13.2 Å². The van der Waals surface area contributed by atoms with Gasteiger partial charge in [-0.05, 0) is 127 Å². The Labute approximate surface area is 240 Å². The monoisotopic (exact) mass is 546 g/mol. The average Bonchev–Trinajstić information content (AvgIpc) is 2.90. The Balaban J connectivity index is 0.000000188. The minimum absolute atomic E-state index is 0.594. The van der Waals surface area contributed by atoms with Crippen molar-refractivity contribution in [1.82, 2.24) is 0 Å². The van der Waals surface area contributed by atoms with E-state index in [1.165, 1.54) is 76.8 Å². The lowest BCUT2D eigenvalue weighted by atomic mass is 9.89. The molecule has 1 aliphatic rings. The van der Waals surface area contributed by atoms with E-state index in [0.29, 0.717) is 0 Å². The first kappa shape index (κ1) is 32.9. The molecule has 4 aromatic rings. The molecule has 0 N–H and O–H groups in total. The van der Waals surface area contributed by atoms with Crippen LogP contribution in [0.3, 0.4) is 0 Å². The van der Waals surface area contributed by atoms with Gasteiger partial charge in [-0.1, -0.05) is 89.0 Å². The molecule has 0 atom stereocenters. The highest BCUT2D eigenvalue weighted by atomic mass is 19.4. The molecule has 0 radical (unpaired) electrons. The smallest absolute Gasteiger partial charge is 0.166 e. The summed E-state index contributed by atoms with van der Waals surface area (Å²) in [6.07, 6.45) is 1.17. The second kappa shape index (κ2) is 15.5. The second-order valence-electron chi connectivity index (χ2n) is 11.0. The van der Waals surface area contributed by atoms with Crippen molar-refractivity contribution < 1.29 is 13.2 Å². The molecule has 0 aliphatic heterocycles. The van der Waals surface area contributed by atoms with Crippen LogP contribution >= 0.6 is 0 Å². The number of rotatable bonds is 0. The third-order valence-electron chi connectivity index (χ3n) is 7.30. The zero-order valence-corrected chi connectivity index (χ0v) is 25.5. The van der Waals surface area contributed by atoms with E-state index in [4.69, 9.17) is 0 Å². The maximum Gasteiger partial charge on any atom is 0.416 e. The van der Waals surface area contributed by atoms with Gasteiger partial charge in [-0.25, -0.2) is 0 Å². The van der Waals surface area contributed by atoms with Gasteiger partial charge in [0.05, 0.1) is 5.56 Å². The lowest BCUT2D eigenvalue weighted by molar-refractivity contribution is -0.137. The summed E-state index contributed by atoms with van der Waals surface area (Å²) >= 11 is 0. The first-order chi connectivity index (χ1) is 18.8. The molecule has 0 bridgehead atoms. The van der Waals surface area contributed by atoms with Crippen LogP contribution in [0.5, 0.6) is 0 Å². The lowest BCUT2D eigenvalue weighted by Gasteiger charge is -2.17. The number of hydrogen-bond donors (Lipinski definition) is 0. The van der Waals surface area contributed by atoms with E-state index in [1.54, 1.807) is 18.1 Å². The molecule has 4 aromatic carbocycles. The molecule has 40 heavy (non-hydrogen) atoms. The molecule has 5 rings (SSSR count). The molecule has 0 saturated carbocycles. The van der Waals surface area contributed by atoms with Crippen LogP contribution < -0.4 is 0 Å². The van der Waals surface area contributed by atoms with Crippen molar-refractivity contribution in [2.24, 2.45) is 0 Å². The first-order valence-electron chi connectivity index (χ1n) is 14.1. The van der Waals surface area contributed by atoms with Crippen molar-refractivity contribution in [2.75, 3.05) is 0 Å². The summed E-state index contributed by atoms with van der Waals surface area (Å²) in [5.74, 6) is 0. The molecule has 0 saturated heterocycles. The topological polar surface area (TPSA) is 0 Å². The molecular weight excluding hydrogens is 501 g/mol. The summed E-state index contributed by atoms with van der Waals surface area (Å²) in [7, 11) is 0. The van der Waals surface area contributed by atoms with Gasteiger partial charge in [-0.3, -0.25) is 0 Å². The van der Waals surface area contributed by atoms with Crippen LogP contribution in [0.2, 0.25) is 0 Å². The fraction of sp³-hybridized carbons (Fsp3) is 0.351. The number of halogens is 3. The van der Waals surface area contributed by atoms with Crippen LogP contribution in [0.1, 0.15) is 74.0 Å². The summed E-state index contributed by atoms with van der Waals surface area (Å²) in [4.78, 5) is 0. The van der Waals surface area contributed by atoms with E-state index in [9.17, 15) is 13.2 Å². The average molecular weight is 547 g/mol. The maximum absolute atomic E-state index is 11.9. The highest BCUT2D eigenvalue weighted by Gasteiger charge is 2.29. The first-order valence-corrected chi connectivity index (χ1v) is 14.1. The number of fused-ring (bicyclic) bond motifs is 1. The van der Waals surface area contributed by atoms with Gasteiger partial charge in [0.15, 0.2) is 0 Å². The molecule has 0 fully saturated rings.